The first kappa shape index (κ1) is 29.8. The van der Waals surface area contributed by atoms with Gasteiger partial charge in [-0.1, -0.05) is 115 Å². The topological polar surface area (TPSA) is 62.5 Å². The molecule has 7 aromatic rings. The van der Waals surface area contributed by atoms with E-state index < -0.39 is 0 Å². The zero-order valence-electron chi connectivity index (χ0n) is 28.8. The van der Waals surface area contributed by atoms with Crippen LogP contribution in [0.4, 0.5) is 0 Å². The van der Waals surface area contributed by atoms with Crippen molar-refractivity contribution in [3.8, 4) is 62.5 Å². The van der Waals surface area contributed by atoms with Crippen molar-refractivity contribution >= 4 is 10.8 Å². The molecule has 4 saturated carbocycles. The number of hydrogen-bond donors (Lipinski definition) is 0. The molecule has 1 aromatic heterocycles. The average molecular weight is 669 g/mol. The third-order valence-corrected chi connectivity index (χ3v) is 12.9. The molecule has 5 aliphatic carbocycles. The van der Waals surface area contributed by atoms with Gasteiger partial charge in [0.1, 0.15) is 0 Å². The van der Waals surface area contributed by atoms with Gasteiger partial charge in [-0.3, -0.25) is 0 Å². The van der Waals surface area contributed by atoms with Gasteiger partial charge in [-0.15, -0.1) is 0 Å². The first-order valence-electron chi connectivity index (χ1n) is 18.8. The second-order valence-corrected chi connectivity index (χ2v) is 15.6. The Hall–Kier alpha value is -5.92. The van der Waals surface area contributed by atoms with Gasteiger partial charge in [-0.2, -0.15) is 5.26 Å². The van der Waals surface area contributed by atoms with E-state index in [-0.39, 0.29) is 5.41 Å². The van der Waals surface area contributed by atoms with E-state index >= 15 is 0 Å². The van der Waals surface area contributed by atoms with Crippen LogP contribution in [0.1, 0.15) is 48.8 Å². The Morgan fingerprint density at radius 3 is 1.88 bits per heavy atom. The normalized spacial score (nSPS) is 23.4. The van der Waals surface area contributed by atoms with Crippen molar-refractivity contribution in [2.24, 2.45) is 23.7 Å². The second-order valence-electron chi connectivity index (χ2n) is 15.6. The third kappa shape index (κ3) is 4.29. The number of aromatic nitrogens is 3. The summed E-state index contributed by atoms with van der Waals surface area (Å²) in [6.07, 6.45) is 6.59. The molecular formula is C48H36N4. The van der Waals surface area contributed by atoms with Gasteiger partial charge in [0.05, 0.1) is 11.6 Å². The highest BCUT2D eigenvalue weighted by atomic mass is 15.0. The molecule has 0 aliphatic heterocycles. The highest BCUT2D eigenvalue weighted by Crippen LogP contribution is 2.70. The Labute approximate surface area is 303 Å². The Balaban J connectivity index is 1.17. The standard InChI is InChI=1S/C48H36N4/c49-28-29-16-18-32(19-17-29)35-20-21-43-42(27-35)39-13-7-15-41(44(39)48(43)36-23-30-22-31(25-36)26-37(48)24-30)47-51-45(34-9-2-1-3-10-34)50-46(52-47)40-14-6-11-33-8-4-5-12-38(33)40/h1-21,27,30-31,36-37H,22-26H2. The van der Waals surface area contributed by atoms with E-state index in [0.29, 0.717) is 29.0 Å². The highest BCUT2D eigenvalue weighted by Gasteiger charge is 2.62. The van der Waals surface area contributed by atoms with Gasteiger partial charge in [0.15, 0.2) is 17.5 Å². The van der Waals surface area contributed by atoms with Gasteiger partial charge >= 0.3 is 0 Å². The van der Waals surface area contributed by atoms with Crippen LogP contribution in [-0.2, 0) is 5.41 Å². The second kappa shape index (κ2) is 11.3. The van der Waals surface area contributed by atoms with Crippen molar-refractivity contribution in [2.75, 3.05) is 0 Å². The van der Waals surface area contributed by atoms with Crippen molar-refractivity contribution < 1.29 is 0 Å². The molecule has 0 radical (unpaired) electrons. The fourth-order valence-corrected chi connectivity index (χ4v) is 11.1. The molecule has 0 N–H and O–H groups in total. The monoisotopic (exact) mass is 668 g/mol. The molecule has 6 aromatic carbocycles. The molecule has 0 amide bonds. The van der Waals surface area contributed by atoms with Crippen LogP contribution in [0.5, 0.6) is 0 Å². The van der Waals surface area contributed by atoms with Gasteiger partial charge in [0.25, 0.3) is 0 Å². The molecule has 4 nitrogen and oxygen atoms in total. The van der Waals surface area contributed by atoms with E-state index in [1.54, 1.807) is 0 Å². The number of hydrogen-bond acceptors (Lipinski definition) is 4. The lowest BCUT2D eigenvalue weighted by Gasteiger charge is -2.61. The van der Waals surface area contributed by atoms with Gasteiger partial charge in [0, 0.05) is 22.1 Å². The first-order chi connectivity index (χ1) is 25.7. The number of rotatable bonds is 4. The minimum Gasteiger partial charge on any atom is -0.208 e. The summed E-state index contributed by atoms with van der Waals surface area (Å²) >= 11 is 0. The summed E-state index contributed by atoms with van der Waals surface area (Å²) < 4.78 is 0. The largest absolute Gasteiger partial charge is 0.208 e. The van der Waals surface area contributed by atoms with E-state index in [1.807, 2.05) is 18.2 Å². The SMILES string of the molecule is N#Cc1ccc(-c2ccc3c(c2)-c2cccc(-c4nc(-c5ccccc5)nc(-c5cccc6ccccc56)n4)c2C32C3CC4CC(C3)CC2C4)cc1. The van der Waals surface area contributed by atoms with Gasteiger partial charge in [-0.25, -0.2) is 15.0 Å². The van der Waals surface area contributed by atoms with Crippen LogP contribution in [0.2, 0.25) is 0 Å². The summed E-state index contributed by atoms with van der Waals surface area (Å²) in [6.45, 7) is 0. The Morgan fingerprint density at radius 2 is 1.12 bits per heavy atom. The minimum absolute atomic E-state index is 0.0724. The summed E-state index contributed by atoms with van der Waals surface area (Å²) in [5, 5.41) is 11.8. The summed E-state index contributed by atoms with van der Waals surface area (Å²) in [5.41, 5.74) is 11.7. The van der Waals surface area contributed by atoms with E-state index in [9.17, 15) is 5.26 Å². The number of nitriles is 1. The predicted octanol–water partition coefficient (Wildman–Crippen LogP) is 11.3. The number of nitrogens with zero attached hydrogens (tertiary/aromatic N) is 4. The van der Waals surface area contributed by atoms with Crippen molar-refractivity contribution in [1.29, 1.82) is 5.26 Å². The van der Waals surface area contributed by atoms with Gasteiger partial charge < -0.3 is 0 Å². The van der Waals surface area contributed by atoms with E-state index in [2.05, 4.69) is 121 Å². The Morgan fingerprint density at radius 1 is 0.500 bits per heavy atom. The fourth-order valence-electron chi connectivity index (χ4n) is 11.1. The molecule has 5 aliphatic rings. The Bertz CT molecular complexity index is 2560. The molecular weight excluding hydrogens is 633 g/mol. The van der Waals surface area contributed by atoms with Crippen molar-refractivity contribution in [3.05, 3.63) is 150 Å². The summed E-state index contributed by atoms with van der Waals surface area (Å²) in [7, 11) is 0. The minimum atomic E-state index is -0.0724. The molecule has 4 fully saturated rings. The van der Waals surface area contributed by atoms with Crippen molar-refractivity contribution in [3.63, 3.8) is 0 Å². The number of fused-ring (bicyclic) bond motifs is 4. The van der Waals surface area contributed by atoms with Crippen LogP contribution in [0.3, 0.4) is 0 Å². The van der Waals surface area contributed by atoms with Crippen molar-refractivity contribution in [1.82, 2.24) is 15.0 Å². The third-order valence-electron chi connectivity index (χ3n) is 12.9. The maximum absolute atomic E-state index is 9.44. The molecule has 12 rings (SSSR count). The maximum Gasteiger partial charge on any atom is 0.164 e. The van der Waals surface area contributed by atoms with Crippen LogP contribution in [0.15, 0.2) is 133 Å². The molecule has 1 spiro atoms. The molecule has 0 saturated heterocycles. The molecule has 4 bridgehead atoms. The lowest BCUT2D eigenvalue weighted by Crippen LogP contribution is -2.55. The van der Waals surface area contributed by atoms with Gasteiger partial charge in [-0.05, 0) is 118 Å². The molecule has 248 valence electrons. The number of benzene rings is 6. The zero-order chi connectivity index (χ0) is 34.4. The molecule has 4 heteroatoms. The Kier molecular flexibility index (Phi) is 6.47. The summed E-state index contributed by atoms with van der Waals surface area (Å²) in [6, 6.07) is 49.6. The molecule has 0 unspecified atom stereocenters. The smallest absolute Gasteiger partial charge is 0.164 e. The summed E-state index contributed by atoms with van der Waals surface area (Å²) in [4.78, 5) is 15.9. The zero-order valence-corrected chi connectivity index (χ0v) is 28.8. The lowest BCUT2D eigenvalue weighted by molar-refractivity contribution is -0.0397. The quantitative estimate of drug-likeness (QED) is 0.187. The van der Waals surface area contributed by atoms with Crippen LogP contribution >= 0.6 is 0 Å². The maximum atomic E-state index is 9.44. The predicted molar refractivity (Wildman–Crippen MR) is 207 cm³/mol. The van der Waals surface area contributed by atoms with Crippen LogP contribution in [-0.4, -0.2) is 15.0 Å². The van der Waals surface area contributed by atoms with E-state index in [0.717, 1.165) is 45.3 Å². The van der Waals surface area contributed by atoms with Crippen LogP contribution < -0.4 is 0 Å². The van der Waals surface area contributed by atoms with Crippen LogP contribution in [0.25, 0.3) is 67.2 Å². The van der Waals surface area contributed by atoms with E-state index in [1.165, 1.54) is 65.3 Å². The molecule has 0 atom stereocenters. The highest BCUT2D eigenvalue weighted by molar-refractivity contribution is 5.96. The first-order valence-corrected chi connectivity index (χ1v) is 18.8. The van der Waals surface area contributed by atoms with E-state index in [4.69, 9.17) is 15.0 Å². The molecule has 1 heterocycles. The van der Waals surface area contributed by atoms with Gasteiger partial charge in [0.2, 0.25) is 0 Å². The van der Waals surface area contributed by atoms with Crippen LogP contribution in [0, 0.1) is 35.0 Å². The molecule has 52 heavy (non-hydrogen) atoms. The van der Waals surface area contributed by atoms with Crippen molar-refractivity contribution in [2.45, 2.75) is 37.5 Å². The average Bonchev–Trinajstić information content (AvgIpc) is 3.50. The fraction of sp³-hybridized carbons (Fsp3) is 0.208. The summed E-state index contributed by atoms with van der Waals surface area (Å²) in [5.74, 6) is 5.02. The lowest BCUT2D eigenvalue weighted by atomic mass is 9.43.